The lowest BCUT2D eigenvalue weighted by Crippen LogP contribution is -2.23. The van der Waals surface area contributed by atoms with Gasteiger partial charge in [-0.15, -0.1) is 0 Å². The van der Waals surface area contributed by atoms with Gasteiger partial charge in [-0.1, -0.05) is 0 Å². The Morgan fingerprint density at radius 1 is 1.04 bits per heavy atom. The summed E-state index contributed by atoms with van der Waals surface area (Å²) in [4.78, 5) is 10.7. The molecule has 1 heterocycles. The number of aromatic nitrogens is 2. The van der Waals surface area contributed by atoms with E-state index >= 15 is 0 Å². The van der Waals surface area contributed by atoms with Crippen LogP contribution in [0.3, 0.4) is 0 Å². The highest BCUT2D eigenvalue weighted by Gasteiger charge is 2.04. The van der Waals surface area contributed by atoms with Crippen molar-refractivity contribution in [1.29, 1.82) is 0 Å². The second-order valence-corrected chi connectivity index (χ2v) is 4.88. The summed E-state index contributed by atoms with van der Waals surface area (Å²) in [5.41, 5.74) is 0. The molecule has 1 aromatic heterocycles. The molecule has 0 saturated carbocycles. The van der Waals surface area contributed by atoms with Crippen molar-refractivity contribution in [2.24, 2.45) is 0 Å². The van der Waals surface area contributed by atoms with Crippen LogP contribution < -0.4 is 19.7 Å². The van der Waals surface area contributed by atoms with Crippen LogP contribution in [-0.2, 0) is 0 Å². The number of methoxy groups -OCH3 is 1. The van der Waals surface area contributed by atoms with Gasteiger partial charge in [0.1, 0.15) is 36.1 Å². The SMILES string of the molecule is CCN(CC)c1cc(NCCOc2ccc(OC)cc2)ncn1. The van der Waals surface area contributed by atoms with Gasteiger partial charge < -0.3 is 19.7 Å². The van der Waals surface area contributed by atoms with E-state index in [0.717, 1.165) is 36.2 Å². The van der Waals surface area contributed by atoms with Crippen LogP contribution in [0, 0.1) is 0 Å². The Bertz CT molecular complexity index is 585. The van der Waals surface area contributed by atoms with Crippen molar-refractivity contribution in [2.75, 3.05) is 43.6 Å². The first-order valence-electron chi connectivity index (χ1n) is 7.84. The first-order chi connectivity index (χ1) is 11.3. The summed E-state index contributed by atoms with van der Waals surface area (Å²) in [6.45, 7) is 7.29. The minimum absolute atomic E-state index is 0.553. The van der Waals surface area contributed by atoms with Crippen molar-refractivity contribution in [3.63, 3.8) is 0 Å². The third kappa shape index (κ3) is 5.02. The predicted octanol–water partition coefficient (Wildman–Crippen LogP) is 2.82. The highest BCUT2D eigenvalue weighted by Crippen LogP contribution is 2.17. The first kappa shape index (κ1) is 16.9. The molecule has 0 saturated heterocycles. The van der Waals surface area contributed by atoms with Gasteiger partial charge in [-0.2, -0.15) is 0 Å². The number of rotatable bonds is 9. The van der Waals surface area contributed by atoms with Crippen molar-refractivity contribution >= 4 is 11.6 Å². The molecule has 0 bridgehead atoms. The Morgan fingerprint density at radius 3 is 2.39 bits per heavy atom. The van der Waals surface area contributed by atoms with Crippen LogP contribution in [0.15, 0.2) is 36.7 Å². The maximum Gasteiger partial charge on any atom is 0.134 e. The summed E-state index contributed by atoms with van der Waals surface area (Å²) < 4.78 is 10.8. The maximum absolute atomic E-state index is 5.68. The third-order valence-electron chi connectivity index (χ3n) is 3.48. The second kappa shape index (κ2) is 8.82. The fraction of sp³-hybridized carbons (Fsp3) is 0.412. The summed E-state index contributed by atoms with van der Waals surface area (Å²) in [6, 6.07) is 9.50. The van der Waals surface area contributed by atoms with Gasteiger partial charge in [-0.3, -0.25) is 0 Å². The van der Waals surface area contributed by atoms with Crippen LogP contribution in [0.1, 0.15) is 13.8 Å². The molecule has 6 nitrogen and oxygen atoms in total. The number of anilines is 2. The largest absolute Gasteiger partial charge is 0.497 e. The first-order valence-corrected chi connectivity index (χ1v) is 7.84. The number of hydrogen-bond acceptors (Lipinski definition) is 6. The minimum Gasteiger partial charge on any atom is -0.497 e. The van der Waals surface area contributed by atoms with E-state index in [1.54, 1.807) is 13.4 Å². The molecule has 0 aliphatic rings. The van der Waals surface area contributed by atoms with E-state index < -0.39 is 0 Å². The minimum atomic E-state index is 0.553. The monoisotopic (exact) mass is 316 g/mol. The van der Waals surface area contributed by atoms with E-state index in [1.807, 2.05) is 30.3 Å². The molecule has 1 aromatic carbocycles. The molecule has 0 unspecified atom stereocenters. The Morgan fingerprint density at radius 2 is 1.74 bits per heavy atom. The molecule has 0 atom stereocenters. The zero-order valence-electron chi connectivity index (χ0n) is 14.0. The molecule has 124 valence electrons. The molecular weight excluding hydrogens is 292 g/mol. The van der Waals surface area contributed by atoms with Crippen LogP contribution in [-0.4, -0.2) is 43.3 Å². The van der Waals surface area contributed by atoms with Crippen LogP contribution in [0.2, 0.25) is 0 Å². The molecular formula is C17H24N4O2. The van der Waals surface area contributed by atoms with Gasteiger partial charge in [0, 0.05) is 19.2 Å². The molecule has 0 aliphatic heterocycles. The molecule has 0 radical (unpaired) electrons. The summed E-state index contributed by atoms with van der Waals surface area (Å²) in [7, 11) is 1.65. The molecule has 0 spiro atoms. The highest BCUT2D eigenvalue weighted by atomic mass is 16.5. The Kier molecular flexibility index (Phi) is 6.47. The Balaban J connectivity index is 1.80. The molecule has 6 heteroatoms. The molecule has 1 N–H and O–H groups in total. The van der Waals surface area contributed by atoms with Gasteiger partial charge in [-0.25, -0.2) is 9.97 Å². The maximum atomic E-state index is 5.68. The van der Waals surface area contributed by atoms with E-state index in [0.29, 0.717) is 13.2 Å². The second-order valence-electron chi connectivity index (χ2n) is 4.88. The fourth-order valence-corrected chi connectivity index (χ4v) is 2.18. The zero-order valence-corrected chi connectivity index (χ0v) is 14.0. The van der Waals surface area contributed by atoms with Gasteiger partial charge >= 0.3 is 0 Å². The summed E-state index contributed by atoms with van der Waals surface area (Å²) in [5, 5.41) is 3.25. The fourth-order valence-electron chi connectivity index (χ4n) is 2.18. The average Bonchev–Trinajstić information content (AvgIpc) is 2.61. The van der Waals surface area contributed by atoms with Crippen molar-refractivity contribution in [1.82, 2.24) is 9.97 Å². The lowest BCUT2D eigenvalue weighted by Gasteiger charge is -2.19. The molecule has 2 rings (SSSR count). The van der Waals surface area contributed by atoms with Gasteiger partial charge in [-0.05, 0) is 38.1 Å². The standard InChI is InChI=1S/C17H24N4O2/c1-4-21(5-2)17-12-16(19-13-20-17)18-10-11-23-15-8-6-14(22-3)7-9-15/h6-9,12-13H,4-5,10-11H2,1-3H3,(H,18,19,20). The third-order valence-corrected chi connectivity index (χ3v) is 3.48. The van der Waals surface area contributed by atoms with Crippen molar-refractivity contribution in [3.05, 3.63) is 36.7 Å². The number of benzene rings is 1. The van der Waals surface area contributed by atoms with Crippen LogP contribution in [0.4, 0.5) is 11.6 Å². The predicted molar refractivity (Wildman–Crippen MR) is 92.6 cm³/mol. The van der Waals surface area contributed by atoms with E-state index in [9.17, 15) is 0 Å². The van der Waals surface area contributed by atoms with Gasteiger partial charge in [0.05, 0.1) is 13.7 Å². The molecule has 0 aliphatic carbocycles. The van der Waals surface area contributed by atoms with Gasteiger partial charge in [0.15, 0.2) is 0 Å². The summed E-state index contributed by atoms with van der Waals surface area (Å²) >= 11 is 0. The number of hydrogen-bond donors (Lipinski definition) is 1. The average molecular weight is 316 g/mol. The van der Waals surface area contributed by atoms with E-state index in [4.69, 9.17) is 9.47 Å². The quantitative estimate of drug-likeness (QED) is 0.718. The summed E-state index contributed by atoms with van der Waals surface area (Å²) in [6.07, 6.45) is 1.58. The van der Waals surface area contributed by atoms with Crippen LogP contribution >= 0.6 is 0 Å². The van der Waals surface area contributed by atoms with Crippen LogP contribution in [0.5, 0.6) is 11.5 Å². The van der Waals surface area contributed by atoms with Crippen molar-refractivity contribution in [2.45, 2.75) is 13.8 Å². The normalized spacial score (nSPS) is 10.2. The van der Waals surface area contributed by atoms with E-state index in [-0.39, 0.29) is 0 Å². The smallest absolute Gasteiger partial charge is 0.134 e. The number of ether oxygens (including phenoxy) is 2. The Labute approximate surface area is 137 Å². The van der Waals surface area contributed by atoms with Crippen molar-refractivity contribution in [3.8, 4) is 11.5 Å². The lowest BCUT2D eigenvalue weighted by atomic mass is 10.3. The van der Waals surface area contributed by atoms with E-state index in [1.165, 1.54) is 0 Å². The van der Waals surface area contributed by atoms with Crippen LogP contribution in [0.25, 0.3) is 0 Å². The number of nitrogens with zero attached hydrogens (tertiary/aromatic N) is 3. The zero-order chi connectivity index (χ0) is 16.5. The Hall–Kier alpha value is -2.50. The lowest BCUT2D eigenvalue weighted by molar-refractivity contribution is 0.331. The molecule has 0 amide bonds. The highest BCUT2D eigenvalue weighted by molar-refractivity contribution is 5.48. The summed E-state index contributed by atoms with van der Waals surface area (Å²) in [5.74, 6) is 3.38. The molecule has 23 heavy (non-hydrogen) atoms. The van der Waals surface area contributed by atoms with Gasteiger partial charge in [0.2, 0.25) is 0 Å². The van der Waals surface area contributed by atoms with E-state index in [2.05, 4.69) is 34.0 Å². The topological polar surface area (TPSA) is 59.5 Å². The van der Waals surface area contributed by atoms with Crippen molar-refractivity contribution < 1.29 is 9.47 Å². The molecule has 2 aromatic rings. The van der Waals surface area contributed by atoms with Gasteiger partial charge in [0.25, 0.3) is 0 Å². The molecule has 0 fully saturated rings. The number of nitrogens with one attached hydrogen (secondary N) is 1.